The van der Waals surface area contributed by atoms with Crippen LogP contribution in [0, 0.1) is 0 Å². The molecule has 4 nitrogen and oxygen atoms in total. The molecule has 4 aromatic rings. The molecule has 0 saturated heterocycles. The molecule has 0 aliphatic rings. The van der Waals surface area contributed by atoms with Crippen molar-refractivity contribution in [2.45, 2.75) is 92.9 Å². The minimum atomic E-state index is 0. The number of aromatic nitrogens is 2. The van der Waals surface area contributed by atoms with Gasteiger partial charge in [0.1, 0.15) is 0 Å². The molecule has 41 heavy (non-hydrogen) atoms. The van der Waals surface area contributed by atoms with E-state index in [0.717, 1.165) is 34.2 Å². The van der Waals surface area contributed by atoms with Crippen molar-refractivity contribution in [3.63, 3.8) is 0 Å². The molecule has 0 N–H and O–H groups in total. The van der Waals surface area contributed by atoms with Gasteiger partial charge in [-0.1, -0.05) is 116 Å². The molecule has 0 atom stereocenters. The first kappa shape index (κ1) is 34.0. The normalized spacial score (nSPS) is 12.1. The zero-order chi connectivity index (χ0) is 29.4. The topological polar surface area (TPSA) is 52.9 Å². The predicted octanol–water partition coefficient (Wildman–Crippen LogP) is 10.1. The van der Waals surface area contributed by atoms with Gasteiger partial charge >= 0.3 is 16.8 Å². The summed E-state index contributed by atoms with van der Waals surface area (Å²) in [5.41, 5.74) is 11.3. The minimum absolute atomic E-state index is 0. The van der Waals surface area contributed by atoms with Crippen LogP contribution in [0.25, 0.3) is 0 Å². The maximum absolute atomic E-state index is 4.90. The van der Waals surface area contributed by atoms with Gasteiger partial charge in [0.2, 0.25) is 0 Å². The number of hydrogen-bond donors (Lipinski definition) is 0. The van der Waals surface area contributed by atoms with Gasteiger partial charge < -0.3 is 9.97 Å². The summed E-state index contributed by atoms with van der Waals surface area (Å²) in [5, 5.41) is 0. The number of hydrogen-bond acceptors (Lipinski definition) is 2. The molecular weight excluding hydrogens is 547 g/mol. The SMILES string of the molecule is CC(=Nc1c(C(C)C)cccc1C(C)C)c1ccc[n-]1.CC(=Nc1c(C(C)C)cccc1C(C)C)c1ccc[n-]1.[Co+2]. The Hall–Kier alpha value is -3.15. The summed E-state index contributed by atoms with van der Waals surface area (Å²) in [6.07, 6.45) is 3.62. The molecule has 2 aromatic carbocycles. The van der Waals surface area contributed by atoms with Crippen LogP contribution >= 0.6 is 0 Å². The van der Waals surface area contributed by atoms with Crippen LogP contribution in [-0.4, -0.2) is 11.4 Å². The monoisotopic (exact) mass is 593 g/mol. The summed E-state index contributed by atoms with van der Waals surface area (Å²) in [4.78, 5) is 18.5. The summed E-state index contributed by atoms with van der Waals surface area (Å²) in [6, 6.07) is 20.9. The van der Waals surface area contributed by atoms with Gasteiger partial charge in [-0.3, -0.25) is 9.98 Å². The standard InChI is InChI=1S/2C18H23N2.Co/c2*1-12(2)15-8-6-9-16(13(3)4)18(15)20-14(5)17-10-7-11-19-17;/h2*6-13H,1-5H3;/q2*-1;+2. The quantitative estimate of drug-likeness (QED) is 0.191. The van der Waals surface area contributed by atoms with Crippen molar-refractivity contribution in [1.82, 2.24) is 9.97 Å². The molecule has 0 spiro atoms. The van der Waals surface area contributed by atoms with Crippen molar-refractivity contribution in [2.24, 2.45) is 9.98 Å². The van der Waals surface area contributed by atoms with Gasteiger partial charge in [0.15, 0.2) is 0 Å². The Morgan fingerprint density at radius 3 is 1.00 bits per heavy atom. The fourth-order valence-electron chi connectivity index (χ4n) is 4.76. The van der Waals surface area contributed by atoms with E-state index in [1.807, 2.05) is 50.5 Å². The van der Waals surface area contributed by atoms with Crippen LogP contribution in [0.1, 0.15) is 127 Å². The Morgan fingerprint density at radius 2 is 0.780 bits per heavy atom. The Bertz CT molecular complexity index is 1240. The van der Waals surface area contributed by atoms with Crippen LogP contribution in [0.3, 0.4) is 0 Å². The minimum Gasteiger partial charge on any atom is -0.663 e. The van der Waals surface area contributed by atoms with Crippen LogP contribution in [0.2, 0.25) is 0 Å². The zero-order valence-electron chi connectivity index (χ0n) is 26.4. The Balaban J connectivity index is 0.000000280. The fourth-order valence-corrected chi connectivity index (χ4v) is 4.76. The molecule has 0 bridgehead atoms. The molecule has 219 valence electrons. The molecular formula is C36H46CoN4. The van der Waals surface area contributed by atoms with E-state index in [4.69, 9.17) is 9.98 Å². The fraction of sp³-hybridized carbons (Fsp3) is 0.389. The number of aliphatic imine (C=N–C) groups is 2. The average molecular weight is 594 g/mol. The predicted molar refractivity (Wildman–Crippen MR) is 173 cm³/mol. The van der Waals surface area contributed by atoms with Gasteiger partial charge in [0.25, 0.3) is 0 Å². The molecule has 0 saturated carbocycles. The molecule has 2 aromatic heterocycles. The first-order valence-electron chi connectivity index (χ1n) is 14.5. The van der Waals surface area contributed by atoms with E-state index in [9.17, 15) is 0 Å². The van der Waals surface area contributed by atoms with Crippen molar-refractivity contribution < 1.29 is 16.8 Å². The van der Waals surface area contributed by atoms with E-state index in [1.54, 1.807) is 0 Å². The summed E-state index contributed by atoms with van der Waals surface area (Å²) < 4.78 is 0. The van der Waals surface area contributed by atoms with Gasteiger partial charge in [0.05, 0.1) is 11.4 Å². The summed E-state index contributed by atoms with van der Waals surface area (Å²) in [5.74, 6) is 1.86. The Kier molecular flexibility index (Phi) is 13.1. The first-order chi connectivity index (χ1) is 19.0. The summed E-state index contributed by atoms with van der Waals surface area (Å²) in [6.45, 7) is 21.8. The summed E-state index contributed by atoms with van der Waals surface area (Å²) >= 11 is 0. The second-order valence-corrected chi connectivity index (χ2v) is 11.6. The van der Waals surface area contributed by atoms with Crippen LogP contribution < -0.4 is 9.97 Å². The van der Waals surface area contributed by atoms with Gasteiger partial charge in [-0.25, -0.2) is 0 Å². The summed E-state index contributed by atoms with van der Waals surface area (Å²) in [7, 11) is 0. The molecule has 0 aliphatic carbocycles. The van der Waals surface area contributed by atoms with Gasteiger partial charge in [0, 0.05) is 11.4 Å². The van der Waals surface area contributed by atoms with E-state index < -0.39 is 0 Å². The zero-order valence-corrected chi connectivity index (χ0v) is 27.4. The number of nitrogens with zero attached hydrogens (tertiary/aromatic N) is 4. The smallest absolute Gasteiger partial charge is 0.663 e. The molecule has 0 amide bonds. The van der Waals surface area contributed by atoms with Crippen molar-refractivity contribution in [2.75, 3.05) is 0 Å². The first-order valence-corrected chi connectivity index (χ1v) is 14.5. The molecule has 5 heteroatoms. The maximum Gasteiger partial charge on any atom is 2.00 e. The van der Waals surface area contributed by atoms with E-state index in [2.05, 4.69) is 102 Å². The van der Waals surface area contributed by atoms with Crippen LogP contribution in [0.4, 0.5) is 11.4 Å². The Morgan fingerprint density at radius 1 is 0.488 bits per heavy atom. The van der Waals surface area contributed by atoms with E-state index in [0.29, 0.717) is 23.7 Å². The van der Waals surface area contributed by atoms with E-state index >= 15 is 0 Å². The molecule has 1 radical (unpaired) electrons. The van der Waals surface area contributed by atoms with Crippen molar-refractivity contribution in [3.05, 3.63) is 107 Å². The average Bonchev–Trinajstić information content (AvgIpc) is 3.64. The third-order valence-corrected chi connectivity index (χ3v) is 7.09. The largest absolute Gasteiger partial charge is 2.00 e. The number of benzene rings is 2. The molecule has 0 aliphatic heterocycles. The second-order valence-electron chi connectivity index (χ2n) is 11.6. The third-order valence-electron chi connectivity index (χ3n) is 7.09. The maximum atomic E-state index is 4.90. The van der Waals surface area contributed by atoms with Crippen molar-refractivity contribution in [1.29, 1.82) is 0 Å². The van der Waals surface area contributed by atoms with E-state index in [1.165, 1.54) is 22.3 Å². The van der Waals surface area contributed by atoms with Crippen LogP contribution in [-0.2, 0) is 16.8 Å². The van der Waals surface area contributed by atoms with E-state index in [-0.39, 0.29) is 16.8 Å². The van der Waals surface area contributed by atoms with Gasteiger partial charge in [-0.2, -0.15) is 12.4 Å². The Labute approximate surface area is 258 Å². The van der Waals surface area contributed by atoms with Crippen molar-refractivity contribution in [3.8, 4) is 0 Å². The molecule has 4 rings (SSSR count). The second kappa shape index (κ2) is 15.7. The van der Waals surface area contributed by atoms with Crippen molar-refractivity contribution >= 4 is 22.8 Å². The third kappa shape index (κ3) is 8.91. The number of rotatable bonds is 8. The molecule has 2 heterocycles. The van der Waals surface area contributed by atoms with Gasteiger partial charge in [-0.15, -0.1) is 11.4 Å². The number of para-hydroxylation sites is 2. The molecule has 0 fully saturated rings. The van der Waals surface area contributed by atoms with Crippen LogP contribution in [0.5, 0.6) is 0 Å². The van der Waals surface area contributed by atoms with Crippen LogP contribution in [0.15, 0.2) is 83.0 Å². The molecule has 0 unspecified atom stereocenters. The van der Waals surface area contributed by atoms with Gasteiger partial charge in [-0.05, 0) is 59.8 Å².